The second kappa shape index (κ2) is 7.56. The molecule has 2 amide bonds. The summed E-state index contributed by atoms with van der Waals surface area (Å²) in [4.78, 5) is 28.0. The van der Waals surface area contributed by atoms with Crippen LogP contribution in [0.25, 0.3) is 0 Å². The second-order valence-corrected chi connectivity index (χ2v) is 8.19. The number of carbonyl (C=O) groups is 2. The molecule has 3 fully saturated rings. The lowest BCUT2D eigenvalue weighted by molar-refractivity contribution is -0.140. The van der Waals surface area contributed by atoms with Crippen LogP contribution in [0.4, 0.5) is 0 Å². The maximum atomic E-state index is 12.4. The van der Waals surface area contributed by atoms with E-state index >= 15 is 0 Å². The Balaban J connectivity index is 1.30. The van der Waals surface area contributed by atoms with Gasteiger partial charge in [-0.15, -0.1) is 10.2 Å². The first-order valence-electron chi connectivity index (χ1n) is 9.30. The van der Waals surface area contributed by atoms with E-state index in [0.717, 1.165) is 11.0 Å². The molecular weight excluding hydrogens is 354 g/mol. The van der Waals surface area contributed by atoms with Crippen LogP contribution < -0.4 is 0 Å². The molecular formula is C17H25N5O3S. The lowest BCUT2D eigenvalue weighted by atomic mass is 10.4. The van der Waals surface area contributed by atoms with E-state index in [1.54, 1.807) is 11.9 Å². The molecule has 142 valence electrons. The molecule has 0 bridgehead atoms. The number of hydrogen-bond acceptors (Lipinski definition) is 6. The third-order valence-electron chi connectivity index (χ3n) is 5.03. The number of nitrogens with zero attached hydrogens (tertiary/aromatic N) is 5. The van der Waals surface area contributed by atoms with Crippen LogP contribution >= 0.6 is 11.8 Å². The monoisotopic (exact) mass is 379 g/mol. The molecule has 2 heterocycles. The van der Waals surface area contributed by atoms with Crippen LogP contribution in [0.3, 0.4) is 0 Å². The number of aromatic nitrogens is 3. The van der Waals surface area contributed by atoms with E-state index in [1.807, 2.05) is 0 Å². The highest BCUT2D eigenvalue weighted by Gasteiger charge is 2.36. The summed E-state index contributed by atoms with van der Waals surface area (Å²) in [6.45, 7) is 2.45. The number of rotatable bonds is 7. The summed E-state index contributed by atoms with van der Waals surface area (Å²) >= 11 is 1.43. The highest BCUT2D eigenvalue weighted by atomic mass is 32.2. The molecule has 0 radical (unpaired) electrons. The fourth-order valence-corrected chi connectivity index (χ4v) is 4.08. The Bertz CT molecular complexity index is 680. The van der Waals surface area contributed by atoms with Gasteiger partial charge in [0.05, 0.1) is 25.5 Å². The topological polar surface area (TPSA) is 80.6 Å². The van der Waals surface area contributed by atoms with Gasteiger partial charge in [0.1, 0.15) is 5.82 Å². The molecule has 1 aliphatic heterocycles. The quantitative estimate of drug-likeness (QED) is 0.655. The number of amides is 2. The van der Waals surface area contributed by atoms with Crippen molar-refractivity contribution in [1.82, 2.24) is 24.6 Å². The van der Waals surface area contributed by atoms with Crippen LogP contribution in [-0.2, 0) is 14.3 Å². The average molecular weight is 379 g/mol. The van der Waals surface area contributed by atoms with E-state index < -0.39 is 0 Å². The number of morpholine rings is 1. The molecule has 3 aliphatic rings. The smallest absolute Gasteiger partial charge is 0.242 e. The largest absolute Gasteiger partial charge is 0.378 e. The summed E-state index contributed by atoms with van der Waals surface area (Å²) in [5.74, 6) is 1.85. The summed E-state index contributed by atoms with van der Waals surface area (Å²) in [5, 5.41) is 9.53. The molecule has 0 spiro atoms. The molecule has 0 atom stereocenters. The summed E-state index contributed by atoms with van der Waals surface area (Å²) in [6, 6.07) is 0.513. The lowest BCUT2D eigenvalue weighted by Gasteiger charge is -2.28. The van der Waals surface area contributed by atoms with Gasteiger partial charge in [-0.05, 0) is 25.7 Å². The van der Waals surface area contributed by atoms with Crippen molar-refractivity contribution >= 4 is 23.6 Å². The molecule has 0 unspecified atom stereocenters. The predicted molar refractivity (Wildman–Crippen MR) is 96.0 cm³/mol. The van der Waals surface area contributed by atoms with Gasteiger partial charge in [0.2, 0.25) is 11.8 Å². The van der Waals surface area contributed by atoms with Gasteiger partial charge < -0.3 is 19.1 Å². The van der Waals surface area contributed by atoms with Gasteiger partial charge in [0.25, 0.3) is 0 Å². The minimum Gasteiger partial charge on any atom is -0.378 e. The first-order valence-corrected chi connectivity index (χ1v) is 10.3. The maximum absolute atomic E-state index is 12.4. The third-order valence-corrected chi connectivity index (χ3v) is 5.96. The number of thioether (sulfide) groups is 1. The Morgan fingerprint density at radius 1 is 1.19 bits per heavy atom. The molecule has 2 aliphatic carbocycles. The van der Waals surface area contributed by atoms with Crippen LogP contribution in [0.1, 0.15) is 43.5 Å². The second-order valence-electron chi connectivity index (χ2n) is 7.25. The standard InChI is InChI=1S/C17H25N5O3S/c1-20(10-14(23)21-6-8-25-9-7-21)15(24)11-26-17-19-18-16(12-2-3-12)22(17)13-4-5-13/h12-13H,2-11H2,1H3. The zero-order valence-corrected chi connectivity index (χ0v) is 15.9. The third kappa shape index (κ3) is 4.03. The molecule has 0 N–H and O–H groups in total. The Kier molecular flexibility index (Phi) is 5.17. The number of likely N-dealkylation sites (N-methyl/N-ethyl adjacent to an activating group) is 1. The van der Waals surface area contributed by atoms with Crippen molar-refractivity contribution in [3.05, 3.63) is 5.82 Å². The van der Waals surface area contributed by atoms with E-state index in [-0.39, 0.29) is 24.1 Å². The van der Waals surface area contributed by atoms with Crippen molar-refractivity contribution in [2.24, 2.45) is 0 Å². The van der Waals surface area contributed by atoms with Gasteiger partial charge in [-0.2, -0.15) is 0 Å². The van der Waals surface area contributed by atoms with Gasteiger partial charge in [-0.25, -0.2) is 0 Å². The Morgan fingerprint density at radius 2 is 1.92 bits per heavy atom. The minimum absolute atomic E-state index is 0.0219. The van der Waals surface area contributed by atoms with Crippen molar-refractivity contribution in [2.75, 3.05) is 45.6 Å². The van der Waals surface area contributed by atoms with Gasteiger partial charge in [0, 0.05) is 32.1 Å². The molecule has 9 heteroatoms. The first kappa shape index (κ1) is 17.8. The maximum Gasteiger partial charge on any atom is 0.242 e. The van der Waals surface area contributed by atoms with Crippen LogP contribution in [0.2, 0.25) is 0 Å². The van der Waals surface area contributed by atoms with Gasteiger partial charge >= 0.3 is 0 Å². The van der Waals surface area contributed by atoms with Gasteiger partial charge in [0.15, 0.2) is 5.16 Å². The van der Waals surface area contributed by atoms with Gasteiger partial charge in [-0.3, -0.25) is 9.59 Å². The fourth-order valence-electron chi connectivity index (χ4n) is 3.12. The average Bonchev–Trinajstić information content (AvgIpc) is 3.59. The normalized spacial score (nSPS) is 20.3. The van der Waals surface area contributed by atoms with Crippen LogP contribution in [0, 0.1) is 0 Å². The van der Waals surface area contributed by atoms with Crippen LogP contribution in [0.5, 0.6) is 0 Å². The molecule has 26 heavy (non-hydrogen) atoms. The number of hydrogen-bond donors (Lipinski definition) is 0. The highest BCUT2D eigenvalue weighted by Crippen LogP contribution is 2.45. The SMILES string of the molecule is CN(CC(=O)N1CCOCC1)C(=O)CSc1nnc(C2CC2)n1C1CC1. The Labute approximate surface area is 157 Å². The van der Waals surface area contributed by atoms with E-state index in [2.05, 4.69) is 14.8 Å². The molecule has 1 aromatic rings. The van der Waals surface area contributed by atoms with Gasteiger partial charge in [-0.1, -0.05) is 11.8 Å². The zero-order valence-electron chi connectivity index (χ0n) is 15.1. The van der Waals surface area contributed by atoms with Crippen LogP contribution in [0.15, 0.2) is 5.16 Å². The summed E-state index contributed by atoms with van der Waals surface area (Å²) in [6.07, 6.45) is 4.74. The lowest BCUT2D eigenvalue weighted by Crippen LogP contribution is -2.46. The first-order chi connectivity index (χ1) is 12.6. The van der Waals surface area contributed by atoms with Crippen LogP contribution in [-0.4, -0.2) is 82.0 Å². The van der Waals surface area contributed by atoms with E-state index in [0.29, 0.717) is 38.3 Å². The molecule has 8 nitrogen and oxygen atoms in total. The molecule has 2 saturated carbocycles. The molecule has 1 saturated heterocycles. The van der Waals surface area contributed by atoms with Crippen molar-refractivity contribution in [3.8, 4) is 0 Å². The number of carbonyl (C=O) groups excluding carboxylic acids is 2. The van der Waals surface area contributed by atoms with Crippen molar-refractivity contribution in [1.29, 1.82) is 0 Å². The highest BCUT2D eigenvalue weighted by molar-refractivity contribution is 7.99. The molecule has 1 aromatic heterocycles. The van der Waals surface area contributed by atoms with Crippen molar-refractivity contribution in [2.45, 2.75) is 42.8 Å². The van der Waals surface area contributed by atoms with E-state index in [9.17, 15) is 9.59 Å². The minimum atomic E-state index is -0.0603. The zero-order chi connectivity index (χ0) is 18.1. The summed E-state index contributed by atoms with van der Waals surface area (Å²) in [7, 11) is 1.68. The van der Waals surface area contributed by atoms with E-state index in [1.165, 1.54) is 42.3 Å². The molecule has 0 aromatic carbocycles. The molecule has 4 rings (SSSR count). The fraction of sp³-hybridized carbons (Fsp3) is 0.765. The summed E-state index contributed by atoms with van der Waals surface area (Å²) < 4.78 is 7.50. The predicted octanol–water partition coefficient (Wildman–Crippen LogP) is 0.900. The number of ether oxygens (including phenoxy) is 1. The van der Waals surface area contributed by atoms with Crippen molar-refractivity contribution in [3.63, 3.8) is 0 Å². The Hall–Kier alpha value is -1.61. The van der Waals surface area contributed by atoms with Crippen molar-refractivity contribution < 1.29 is 14.3 Å². The Morgan fingerprint density at radius 3 is 2.58 bits per heavy atom. The van der Waals surface area contributed by atoms with E-state index in [4.69, 9.17) is 4.74 Å². The summed E-state index contributed by atoms with van der Waals surface area (Å²) in [5.41, 5.74) is 0.